The fourth-order valence-corrected chi connectivity index (χ4v) is 8.19. The van der Waals surface area contributed by atoms with Crippen LogP contribution in [0.15, 0.2) is 174 Å². The first-order valence-corrected chi connectivity index (χ1v) is 17.7. The van der Waals surface area contributed by atoms with E-state index in [0.29, 0.717) is 17.5 Å². The second-order valence-electron chi connectivity index (χ2n) is 12.4. The minimum atomic E-state index is 0.599. The molecule has 3 heterocycles. The summed E-state index contributed by atoms with van der Waals surface area (Å²) in [5, 5.41) is 4.50. The highest BCUT2D eigenvalue weighted by Gasteiger charge is 2.21. The zero-order chi connectivity index (χ0) is 33.7. The van der Waals surface area contributed by atoms with E-state index in [-0.39, 0.29) is 0 Å². The van der Waals surface area contributed by atoms with Gasteiger partial charge in [0.15, 0.2) is 17.5 Å². The first-order valence-electron chi connectivity index (χ1n) is 16.9. The van der Waals surface area contributed by atoms with E-state index in [1.807, 2.05) is 84.1 Å². The fourth-order valence-electron chi connectivity index (χ4n) is 6.98. The van der Waals surface area contributed by atoms with Crippen molar-refractivity contribution in [3.05, 3.63) is 170 Å². The van der Waals surface area contributed by atoms with Crippen molar-refractivity contribution in [1.82, 2.24) is 15.0 Å². The number of benzene rings is 7. The van der Waals surface area contributed by atoms with Gasteiger partial charge in [-0.15, -0.1) is 11.3 Å². The lowest BCUT2D eigenvalue weighted by Gasteiger charge is -2.26. The third-order valence-corrected chi connectivity index (χ3v) is 10.5. The molecule has 0 amide bonds. The van der Waals surface area contributed by atoms with Crippen molar-refractivity contribution in [3.63, 3.8) is 0 Å². The Kier molecular flexibility index (Phi) is 6.93. The van der Waals surface area contributed by atoms with Gasteiger partial charge >= 0.3 is 0 Å². The maximum atomic E-state index is 6.65. The zero-order valence-corrected chi connectivity index (χ0v) is 28.1. The van der Waals surface area contributed by atoms with Gasteiger partial charge in [0.1, 0.15) is 11.2 Å². The highest BCUT2D eigenvalue weighted by Crippen LogP contribution is 2.46. The van der Waals surface area contributed by atoms with E-state index in [9.17, 15) is 0 Å². The van der Waals surface area contributed by atoms with E-state index in [1.54, 1.807) is 0 Å². The van der Waals surface area contributed by atoms with Crippen LogP contribution in [0.2, 0.25) is 0 Å². The molecule has 240 valence electrons. The number of aromatic nitrogens is 3. The van der Waals surface area contributed by atoms with Crippen molar-refractivity contribution >= 4 is 70.5 Å². The summed E-state index contributed by atoms with van der Waals surface area (Å²) in [5.41, 5.74) is 7.54. The summed E-state index contributed by atoms with van der Waals surface area (Å²) in [7, 11) is 0. The van der Waals surface area contributed by atoms with Gasteiger partial charge in [-0.3, -0.25) is 0 Å². The van der Waals surface area contributed by atoms with Gasteiger partial charge in [-0.05, 0) is 42.5 Å². The van der Waals surface area contributed by atoms with E-state index in [1.165, 1.54) is 20.2 Å². The fraction of sp³-hybridized carbons (Fsp3) is 0. The zero-order valence-electron chi connectivity index (χ0n) is 27.3. The first-order chi connectivity index (χ1) is 25.3. The standard InChI is InChI=1S/C45H28N4OS/c1-4-14-29(15-5-1)43-46-44(30-16-6-2-7-17-30)48-45(47-43)36-22-13-24-38-41(36)35-27-26-32(28-39(35)50-38)49(31-18-8-3-9-19-31)37-23-12-21-34-33-20-10-11-25-40(33)51-42(34)37/h1-28H. The average Bonchev–Trinajstić information content (AvgIpc) is 3.78. The summed E-state index contributed by atoms with van der Waals surface area (Å²) >= 11 is 1.83. The van der Waals surface area contributed by atoms with Crippen LogP contribution in [-0.4, -0.2) is 15.0 Å². The van der Waals surface area contributed by atoms with Crippen LogP contribution in [0, 0.1) is 0 Å². The Balaban J connectivity index is 1.16. The first kappa shape index (κ1) is 29.3. The van der Waals surface area contributed by atoms with Crippen molar-refractivity contribution in [2.75, 3.05) is 4.90 Å². The number of thiophene rings is 1. The average molecular weight is 673 g/mol. The minimum Gasteiger partial charge on any atom is -0.456 e. The Morgan fingerprint density at radius 2 is 1.08 bits per heavy atom. The number of para-hydroxylation sites is 1. The van der Waals surface area contributed by atoms with Gasteiger partial charge in [-0.1, -0.05) is 121 Å². The molecule has 0 spiro atoms. The number of rotatable bonds is 6. The van der Waals surface area contributed by atoms with Gasteiger partial charge in [0.2, 0.25) is 0 Å². The molecule has 7 aromatic carbocycles. The van der Waals surface area contributed by atoms with Crippen LogP contribution >= 0.6 is 11.3 Å². The second-order valence-corrected chi connectivity index (χ2v) is 13.5. The summed E-state index contributed by atoms with van der Waals surface area (Å²) in [6.07, 6.45) is 0. The van der Waals surface area contributed by atoms with Gasteiger partial charge in [0.05, 0.1) is 10.4 Å². The third kappa shape index (κ3) is 5.04. The van der Waals surface area contributed by atoms with Crippen LogP contribution < -0.4 is 4.90 Å². The highest BCUT2D eigenvalue weighted by molar-refractivity contribution is 7.26. The van der Waals surface area contributed by atoms with E-state index in [4.69, 9.17) is 19.4 Å². The highest BCUT2D eigenvalue weighted by atomic mass is 32.1. The quantitative estimate of drug-likeness (QED) is 0.176. The normalized spacial score (nSPS) is 11.5. The molecule has 10 rings (SSSR count). The van der Waals surface area contributed by atoms with Crippen LogP contribution in [0.3, 0.4) is 0 Å². The summed E-state index contributed by atoms with van der Waals surface area (Å²) in [4.78, 5) is 17.3. The molecule has 0 bridgehead atoms. The Morgan fingerprint density at radius 3 is 1.82 bits per heavy atom. The smallest absolute Gasteiger partial charge is 0.164 e. The molecule has 0 saturated heterocycles. The Hall–Kier alpha value is -6.63. The second kappa shape index (κ2) is 12.1. The lowest BCUT2D eigenvalue weighted by molar-refractivity contribution is 0.669. The lowest BCUT2D eigenvalue weighted by Crippen LogP contribution is -2.09. The monoisotopic (exact) mass is 672 g/mol. The van der Waals surface area contributed by atoms with Crippen LogP contribution in [0.1, 0.15) is 0 Å². The van der Waals surface area contributed by atoms with Crippen molar-refractivity contribution < 1.29 is 4.42 Å². The predicted octanol–water partition coefficient (Wildman–Crippen LogP) is 12.6. The van der Waals surface area contributed by atoms with Crippen LogP contribution in [0.25, 0.3) is 76.3 Å². The number of fused-ring (bicyclic) bond motifs is 6. The number of furan rings is 1. The molecule has 0 aliphatic heterocycles. The van der Waals surface area contributed by atoms with Gasteiger partial charge in [0, 0.05) is 60.4 Å². The van der Waals surface area contributed by atoms with Crippen LogP contribution in [0.5, 0.6) is 0 Å². The summed E-state index contributed by atoms with van der Waals surface area (Å²) in [6.45, 7) is 0. The SMILES string of the molecule is c1ccc(-c2nc(-c3ccccc3)nc(-c3cccc4oc5cc(N(c6ccccc6)c6cccc7c6sc6ccccc67)ccc5c34)n2)cc1. The molecule has 3 aromatic heterocycles. The lowest BCUT2D eigenvalue weighted by atomic mass is 10.0. The van der Waals surface area contributed by atoms with Crippen LogP contribution in [-0.2, 0) is 0 Å². The van der Waals surface area contributed by atoms with Gasteiger partial charge in [0.25, 0.3) is 0 Å². The molecule has 5 nitrogen and oxygen atoms in total. The molecule has 0 radical (unpaired) electrons. The summed E-state index contributed by atoms with van der Waals surface area (Å²) in [6, 6.07) is 58.5. The Labute approximate surface area is 297 Å². The molecule has 0 N–H and O–H groups in total. The van der Waals surface area contributed by atoms with Crippen molar-refractivity contribution in [2.24, 2.45) is 0 Å². The minimum absolute atomic E-state index is 0.599. The van der Waals surface area contributed by atoms with Crippen molar-refractivity contribution in [1.29, 1.82) is 0 Å². The molecule has 0 atom stereocenters. The molecule has 10 aromatic rings. The Morgan fingerprint density at radius 1 is 0.451 bits per heavy atom. The Bertz CT molecular complexity index is 2810. The summed E-state index contributed by atoms with van der Waals surface area (Å²) in [5.74, 6) is 1.85. The largest absolute Gasteiger partial charge is 0.456 e. The third-order valence-electron chi connectivity index (χ3n) is 9.32. The molecule has 0 fully saturated rings. The molecule has 51 heavy (non-hydrogen) atoms. The van der Waals surface area contributed by atoms with E-state index < -0.39 is 0 Å². The number of anilines is 3. The predicted molar refractivity (Wildman–Crippen MR) is 211 cm³/mol. The maximum Gasteiger partial charge on any atom is 0.164 e. The van der Waals surface area contributed by atoms with E-state index in [2.05, 4.69) is 102 Å². The molecule has 0 aliphatic carbocycles. The molecular weight excluding hydrogens is 645 g/mol. The van der Waals surface area contributed by atoms with Crippen LogP contribution in [0.4, 0.5) is 17.1 Å². The molecule has 0 saturated carbocycles. The molecular formula is C45H28N4OS. The van der Waals surface area contributed by atoms with E-state index in [0.717, 1.165) is 55.7 Å². The topological polar surface area (TPSA) is 55.1 Å². The number of hydrogen-bond acceptors (Lipinski definition) is 6. The van der Waals surface area contributed by atoms with Gasteiger partial charge in [-0.2, -0.15) is 0 Å². The van der Waals surface area contributed by atoms with Gasteiger partial charge in [-0.25, -0.2) is 15.0 Å². The van der Waals surface area contributed by atoms with Crippen molar-refractivity contribution in [3.8, 4) is 34.2 Å². The summed E-state index contributed by atoms with van der Waals surface area (Å²) < 4.78 is 9.17. The van der Waals surface area contributed by atoms with E-state index >= 15 is 0 Å². The maximum absolute atomic E-state index is 6.65. The molecule has 0 aliphatic rings. The number of hydrogen-bond donors (Lipinski definition) is 0. The number of nitrogens with zero attached hydrogens (tertiary/aromatic N) is 4. The molecule has 6 heteroatoms. The van der Waals surface area contributed by atoms with Crippen molar-refractivity contribution in [2.45, 2.75) is 0 Å². The van der Waals surface area contributed by atoms with Gasteiger partial charge < -0.3 is 9.32 Å². The molecule has 0 unspecified atom stereocenters.